The largest absolute Gasteiger partial charge is 0.237 e. The quantitative estimate of drug-likeness (QED) is 0.547. The van der Waals surface area contributed by atoms with Crippen molar-refractivity contribution in [3.63, 3.8) is 0 Å². The van der Waals surface area contributed by atoms with Crippen LogP contribution in [-0.4, -0.2) is 31.2 Å². The Labute approximate surface area is 145 Å². The monoisotopic (exact) mass is 312 g/mol. The summed E-state index contributed by atoms with van der Waals surface area (Å²) in [4.78, 5) is 0. The van der Waals surface area contributed by atoms with E-state index in [1.807, 2.05) is 13.8 Å². The molecule has 1 nitrogen and oxygen atoms in total. The molecule has 1 aromatic carbocycles. The van der Waals surface area contributed by atoms with E-state index in [0.29, 0.717) is 12.2 Å². The zero-order valence-electron chi connectivity index (χ0n) is 16.5. The molecular weight excluding hydrogens is 277 g/mol. The van der Waals surface area contributed by atoms with Crippen LogP contribution in [0.25, 0.3) is 0 Å². The second-order valence-electron chi connectivity index (χ2n) is 7.95. The molecular formula is C21H35BN+. The molecule has 126 valence electrons. The van der Waals surface area contributed by atoms with E-state index in [1.54, 1.807) is 0 Å². The molecule has 0 saturated heterocycles. The summed E-state index contributed by atoms with van der Waals surface area (Å²) in [5.41, 5.74) is 4.59. The number of benzene rings is 1. The Morgan fingerprint density at radius 3 is 2.22 bits per heavy atom. The lowest BCUT2D eigenvalue weighted by Gasteiger charge is -2.22. The van der Waals surface area contributed by atoms with Crippen molar-refractivity contribution in [2.75, 3.05) is 7.05 Å². The maximum absolute atomic E-state index is 5.95. The number of hydrogen-bond donors (Lipinski definition) is 0. The molecule has 0 N–H and O–H groups in total. The molecule has 1 aliphatic heterocycles. The van der Waals surface area contributed by atoms with E-state index in [9.17, 15) is 0 Å². The van der Waals surface area contributed by atoms with Crippen LogP contribution in [0.4, 0.5) is 0 Å². The first-order valence-electron chi connectivity index (χ1n) is 9.08. The normalized spacial score (nSPS) is 22.6. The van der Waals surface area contributed by atoms with Crippen LogP contribution in [0, 0.1) is 5.41 Å². The van der Waals surface area contributed by atoms with E-state index in [2.05, 4.69) is 70.7 Å². The Bertz CT molecular complexity index is 557. The molecule has 0 amide bonds. The molecule has 1 aromatic rings. The topological polar surface area (TPSA) is 3.01 Å². The SMILES string of the molecule is CC.[B]Cc1cc(CC2(C)C=[N+](C)C(C)(C)C2)ccc1C(C)C. The predicted octanol–water partition coefficient (Wildman–Crippen LogP) is 4.95. The van der Waals surface area contributed by atoms with E-state index in [-0.39, 0.29) is 11.0 Å². The van der Waals surface area contributed by atoms with E-state index in [4.69, 9.17) is 7.85 Å². The molecule has 0 spiro atoms. The fraction of sp³-hybridized carbons (Fsp3) is 0.667. The molecule has 0 aromatic heterocycles. The summed E-state index contributed by atoms with van der Waals surface area (Å²) in [6, 6.07) is 6.88. The lowest BCUT2D eigenvalue weighted by Crippen LogP contribution is -2.30. The van der Waals surface area contributed by atoms with Gasteiger partial charge in [-0.25, -0.2) is 4.58 Å². The van der Waals surface area contributed by atoms with Gasteiger partial charge in [-0.1, -0.05) is 57.8 Å². The third-order valence-electron chi connectivity index (χ3n) is 4.95. The third kappa shape index (κ3) is 4.72. The molecule has 2 radical (unpaired) electrons. The van der Waals surface area contributed by atoms with Gasteiger partial charge in [0.15, 0.2) is 5.54 Å². The van der Waals surface area contributed by atoms with E-state index in [0.717, 1.165) is 6.42 Å². The van der Waals surface area contributed by atoms with Gasteiger partial charge in [0.25, 0.3) is 0 Å². The minimum Gasteiger partial charge on any atom is -0.237 e. The fourth-order valence-electron chi connectivity index (χ4n) is 3.88. The zero-order valence-corrected chi connectivity index (χ0v) is 16.5. The van der Waals surface area contributed by atoms with Gasteiger partial charge >= 0.3 is 0 Å². The second kappa shape index (κ2) is 7.68. The molecule has 0 bridgehead atoms. The number of hydrogen-bond acceptors (Lipinski definition) is 0. The molecule has 0 fully saturated rings. The van der Waals surface area contributed by atoms with Gasteiger partial charge in [-0.15, -0.1) is 0 Å². The average molecular weight is 312 g/mol. The highest BCUT2D eigenvalue weighted by Gasteiger charge is 2.45. The first kappa shape index (κ1) is 20.0. The van der Waals surface area contributed by atoms with Crippen LogP contribution in [-0.2, 0) is 12.7 Å². The third-order valence-corrected chi connectivity index (χ3v) is 4.95. The van der Waals surface area contributed by atoms with Crippen LogP contribution in [0.15, 0.2) is 18.2 Å². The van der Waals surface area contributed by atoms with Crippen LogP contribution >= 0.6 is 0 Å². The van der Waals surface area contributed by atoms with Gasteiger partial charge in [-0.2, -0.15) is 0 Å². The first-order chi connectivity index (χ1) is 10.7. The van der Waals surface area contributed by atoms with E-state index < -0.39 is 0 Å². The molecule has 1 heterocycles. The van der Waals surface area contributed by atoms with Gasteiger partial charge in [0, 0.05) is 6.42 Å². The van der Waals surface area contributed by atoms with Crippen molar-refractivity contribution in [1.29, 1.82) is 0 Å². The summed E-state index contributed by atoms with van der Waals surface area (Å²) in [5.74, 6) is 0.538. The van der Waals surface area contributed by atoms with Gasteiger partial charge in [0.05, 0.1) is 13.3 Å². The Morgan fingerprint density at radius 2 is 1.78 bits per heavy atom. The van der Waals surface area contributed by atoms with Crippen molar-refractivity contribution in [3.05, 3.63) is 34.9 Å². The summed E-state index contributed by atoms with van der Waals surface area (Å²) in [7, 11) is 8.14. The molecule has 2 heteroatoms. The van der Waals surface area contributed by atoms with Crippen molar-refractivity contribution in [1.82, 2.24) is 0 Å². The van der Waals surface area contributed by atoms with Crippen molar-refractivity contribution in [3.8, 4) is 0 Å². The Balaban J connectivity index is 0.00000127. The second-order valence-corrected chi connectivity index (χ2v) is 7.95. The van der Waals surface area contributed by atoms with Crippen LogP contribution in [0.3, 0.4) is 0 Å². The minimum atomic E-state index is 0.240. The predicted molar refractivity (Wildman–Crippen MR) is 104 cm³/mol. The lowest BCUT2D eigenvalue weighted by molar-refractivity contribution is -0.562. The van der Waals surface area contributed by atoms with Crippen LogP contribution < -0.4 is 0 Å². The average Bonchev–Trinajstić information content (AvgIpc) is 2.68. The number of rotatable bonds is 4. The summed E-state index contributed by atoms with van der Waals surface area (Å²) in [5, 5.41) is 0. The molecule has 23 heavy (non-hydrogen) atoms. The molecule has 1 atom stereocenters. The van der Waals surface area contributed by atoms with Crippen LogP contribution in [0.5, 0.6) is 0 Å². The zero-order chi connectivity index (χ0) is 17.8. The van der Waals surface area contributed by atoms with E-state index in [1.165, 1.54) is 23.1 Å². The van der Waals surface area contributed by atoms with Crippen LogP contribution in [0.2, 0.25) is 0 Å². The highest BCUT2D eigenvalue weighted by Crippen LogP contribution is 2.37. The maximum atomic E-state index is 5.95. The van der Waals surface area contributed by atoms with Gasteiger partial charge in [0.1, 0.15) is 13.3 Å². The van der Waals surface area contributed by atoms with Crippen molar-refractivity contribution < 1.29 is 4.58 Å². The molecule has 0 aliphatic carbocycles. The Kier molecular flexibility index (Phi) is 6.68. The van der Waals surface area contributed by atoms with Crippen molar-refractivity contribution >= 4 is 14.1 Å². The van der Waals surface area contributed by atoms with Gasteiger partial charge in [0.2, 0.25) is 0 Å². The smallest absolute Gasteiger partial charge is 0.157 e. The lowest BCUT2D eigenvalue weighted by atomic mass is 9.77. The van der Waals surface area contributed by atoms with Crippen molar-refractivity contribution in [2.45, 2.75) is 79.1 Å². The van der Waals surface area contributed by atoms with Crippen LogP contribution in [0.1, 0.15) is 77.5 Å². The Morgan fingerprint density at radius 1 is 1.17 bits per heavy atom. The molecule has 1 aliphatic rings. The molecule has 0 saturated carbocycles. The Hall–Kier alpha value is -1.05. The summed E-state index contributed by atoms with van der Waals surface area (Å²) >= 11 is 0. The minimum absolute atomic E-state index is 0.240. The van der Waals surface area contributed by atoms with Crippen molar-refractivity contribution in [2.24, 2.45) is 5.41 Å². The number of nitrogens with zero attached hydrogens (tertiary/aromatic N) is 1. The molecule has 2 rings (SSSR count). The maximum Gasteiger partial charge on any atom is 0.157 e. The standard InChI is InChI=1S/C19H29BN.C2H6/c1-14(2)17-8-7-15(9-16(17)11-20)10-19(5)12-18(3,4)21(6)13-19;1-2/h7-9,13-14H,10-12H2,1-6H3;1-2H3/q+1;. The highest BCUT2D eigenvalue weighted by atomic mass is 15.1. The molecule has 1 unspecified atom stereocenters. The summed E-state index contributed by atoms with van der Waals surface area (Å²) in [6.07, 6.45) is 5.32. The fourth-order valence-corrected chi connectivity index (χ4v) is 3.88. The highest BCUT2D eigenvalue weighted by molar-refractivity contribution is 6.08. The van der Waals surface area contributed by atoms with Gasteiger partial charge in [-0.3, -0.25) is 0 Å². The van der Waals surface area contributed by atoms with Gasteiger partial charge < -0.3 is 0 Å². The summed E-state index contributed by atoms with van der Waals surface area (Å²) < 4.78 is 2.37. The van der Waals surface area contributed by atoms with E-state index >= 15 is 0 Å². The summed E-state index contributed by atoms with van der Waals surface area (Å²) in [6.45, 7) is 15.5. The first-order valence-corrected chi connectivity index (χ1v) is 9.08. The van der Waals surface area contributed by atoms with Gasteiger partial charge in [-0.05, 0) is 44.2 Å².